The Kier molecular flexibility index (Phi) is 4.67. The molecule has 4 rings (SSSR count). The first-order valence-corrected chi connectivity index (χ1v) is 8.77. The van der Waals surface area contributed by atoms with Crippen LogP contribution in [0.1, 0.15) is 0 Å². The van der Waals surface area contributed by atoms with Gasteiger partial charge in [0, 0.05) is 28.7 Å². The lowest BCUT2D eigenvalue weighted by Crippen LogP contribution is -2.28. The van der Waals surface area contributed by atoms with Gasteiger partial charge in [-0.15, -0.1) is 0 Å². The summed E-state index contributed by atoms with van der Waals surface area (Å²) in [6.45, 7) is -0.201. The van der Waals surface area contributed by atoms with Gasteiger partial charge in [0.25, 0.3) is 5.56 Å². The molecular formula is C20H14ClFN4O2. The molecule has 2 heterocycles. The number of carbonyl (C=O) groups excluding carboxylic acids is 1. The molecule has 2 aromatic carbocycles. The molecule has 0 fully saturated rings. The number of halogens is 2. The van der Waals surface area contributed by atoms with Crippen LogP contribution in [0.3, 0.4) is 0 Å². The zero-order valence-corrected chi connectivity index (χ0v) is 15.2. The molecule has 0 aliphatic carbocycles. The van der Waals surface area contributed by atoms with Crippen LogP contribution < -0.4 is 10.9 Å². The van der Waals surface area contributed by atoms with Crippen LogP contribution in [0.15, 0.2) is 71.8 Å². The van der Waals surface area contributed by atoms with Gasteiger partial charge in [-0.3, -0.25) is 9.59 Å². The van der Waals surface area contributed by atoms with Crippen molar-refractivity contribution in [3.05, 3.63) is 88.2 Å². The number of carbonyl (C=O) groups is 1. The Hall–Kier alpha value is -3.45. The second-order valence-corrected chi connectivity index (χ2v) is 6.59. The summed E-state index contributed by atoms with van der Waals surface area (Å²) in [5.74, 6) is -0.889. The summed E-state index contributed by atoms with van der Waals surface area (Å²) in [7, 11) is 0. The summed E-state index contributed by atoms with van der Waals surface area (Å²) in [4.78, 5) is 24.9. The first kappa shape index (κ1) is 17.9. The third-order valence-corrected chi connectivity index (χ3v) is 4.42. The summed E-state index contributed by atoms with van der Waals surface area (Å²) >= 11 is 5.90. The molecule has 0 saturated heterocycles. The van der Waals surface area contributed by atoms with E-state index in [0.29, 0.717) is 21.9 Å². The van der Waals surface area contributed by atoms with Crippen LogP contribution in [-0.4, -0.2) is 20.1 Å². The molecule has 28 heavy (non-hydrogen) atoms. The average molecular weight is 397 g/mol. The maximum atomic E-state index is 13.2. The number of hydrogen-bond donors (Lipinski definition) is 1. The first-order valence-electron chi connectivity index (χ1n) is 8.40. The number of rotatable bonds is 4. The van der Waals surface area contributed by atoms with Crippen LogP contribution in [0.4, 0.5) is 10.1 Å². The standard InChI is InChI=1S/C20H14ClFN4O2/c21-14-6-4-13(5-7-14)17-11-18-20(28)25(8-9-26(18)24-17)12-19(27)23-16-3-1-2-15(22)10-16/h1-11H,12H2,(H,23,27). The van der Waals surface area contributed by atoms with Crippen LogP contribution in [0.25, 0.3) is 16.8 Å². The Morgan fingerprint density at radius 3 is 2.64 bits per heavy atom. The molecule has 0 atom stereocenters. The zero-order valence-electron chi connectivity index (χ0n) is 14.5. The van der Waals surface area contributed by atoms with Crippen LogP contribution in [0, 0.1) is 5.82 Å². The smallest absolute Gasteiger partial charge is 0.277 e. The third kappa shape index (κ3) is 3.65. The Morgan fingerprint density at radius 2 is 1.89 bits per heavy atom. The summed E-state index contributed by atoms with van der Waals surface area (Å²) in [5.41, 5.74) is 1.75. The quantitative estimate of drug-likeness (QED) is 0.573. The molecule has 6 nitrogen and oxygen atoms in total. The Morgan fingerprint density at radius 1 is 1.11 bits per heavy atom. The number of anilines is 1. The predicted molar refractivity (Wildman–Crippen MR) is 105 cm³/mol. The number of benzene rings is 2. The van der Waals surface area contributed by atoms with E-state index in [1.54, 1.807) is 30.5 Å². The molecule has 0 aliphatic rings. The van der Waals surface area contributed by atoms with Crippen LogP contribution >= 0.6 is 11.6 Å². The highest BCUT2D eigenvalue weighted by molar-refractivity contribution is 6.30. The van der Waals surface area contributed by atoms with E-state index < -0.39 is 11.7 Å². The first-order chi connectivity index (χ1) is 13.5. The minimum absolute atomic E-state index is 0.201. The molecule has 0 aliphatic heterocycles. The second-order valence-electron chi connectivity index (χ2n) is 6.16. The molecule has 1 amide bonds. The lowest BCUT2D eigenvalue weighted by molar-refractivity contribution is -0.116. The molecule has 4 aromatic rings. The van der Waals surface area contributed by atoms with Crippen molar-refractivity contribution in [1.82, 2.24) is 14.2 Å². The Labute approximate surface area is 163 Å². The van der Waals surface area contributed by atoms with E-state index in [2.05, 4.69) is 10.4 Å². The van der Waals surface area contributed by atoms with Crippen molar-refractivity contribution in [2.75, 3.05) is 5.32 Å². The second kappa shape index (κ2) is 7.28. The van der Waals surface area contributed by atoms with Crippen molar-refractivity contribution in [3.63, 3.8) is 0 Å². The highest BCUT2D eigenvalue weighted by Gasteiger charge is 2.11. The molecule has 0 radical (unpaired) electrons. The van der Waals surface area contributed by atoms with E-state index in [-0.39, 0.29) is 12.1 Å². The molecule has 0 saturated carbocycles. The van der Waals surface area contributed by atoms with Gasteiger partial charge >= 0.3 is 0 Å². The van der Waals surface area contributed by atoms with E-state index in [1.165, 1.54) is 33.5 Å². The molecule has 0 spiro atoms. The van der Waals surface area contributed by atoms with Crippen LogP contribution in [0.2, 0.25) is 5.02 Å². The summed E-state index contributed by atoms with van der Waals surface area (Å²) in [6, 6.07) is 14.3. The van der Waals surface area contributed by atoms with Gasteiger partial charge in [-0.2, -0.15) is 5.10 Å². The lowest BCUT2D eigenvalue weighted by Gasteiger charge is -2.07. The van der Waals surface area contributed by atoms with Crippen molar-refractivity contribution >= 4 is 28.7 Å². The third-order valence-electron chi connectivity index (χ3n) is 4.17. The fraction of sp³-hybridized carbons (Fsp3) is 0.0500. The molecule has 0 bridgehead atoms. The zero-order chi connectivity index (χ0) is 19.7. The van der Waals surface area contributed by atoms with E-state index in [1.807, 2.05) is 12.1 Å². The molecule has 0 unspecified atom stereocenters. The van der Waals surface area contributed by atoms with Gasteiger partial charge in [-0.25, -0.2) is 8.91 Å². The molecule has 1 N–H and O–H groups in total. The number of fused-ring (bicyclic) bond motifs is 1. The van der Waals surface area contributed by atoms with Gasteiger partial charge in [-0.05, 0) is 36.4 Å². The van der Waals surface area contributed by atoms with Gasteiger partial charge in [0.15, 0.2) is 0 Å². The molecular weight excluding hydrogens is 383 g/mol. The summed E-state index contributed by atoms with van der Waals surface area (Å²) in [6.07, 6.45) is 3.09. The number of aromatic nitrogens is 3. The van der Waals surface area contributed by atoms with Gasteiger partial charge in [0.1, 0.15) is 17.9 Å². The fourth-order valence-electron chi connectivity index (χ4n) is 2.83. The number of nitrogens with zero attached hydrogens (tertiary/aromatic N) is 3. The minimum atomic E-state index is -0.453. The topological polar surface area (TPSA) is 68.4 Å². The minimum Gasteiger partial charge on any atom is -0.324 e. The highest BCUT2D eigenvalue weighted by Crippen LogP contribution is 2.20. The summed E-state index contributed by atoms with van der Waals surface area (Å²) < 4.78 is 16.0. The molecule has 8 heteroatoms. The highest BCUT2D eigenvalue weighted by atomic mass is 35.5. The van der Waals surface area contributed by atoms with E-state index in [4.69, 9.17) is 11.6 Å². The average Bonchev–Trinajstić information content (AvgIpc) is 3.10. The largest absolute Gasteiger partial charge is 0.324 e. The number of nitrogens with one attached hydrogen (secondary N) is 1. The number of hydrogen-bond acceptors (Lipinski definition) is 3. The maximum absolute atomic E-state index is 13.2. The van der Waals surface area contributed by atoms with Gasteiger partial charge in [0.2, 0.25) is 5.91 Å². The number of amides is 1. The van der Waals surface area contributed by atoms with E-state index in [0.717, 1.165) is 5.56 Å². The van der Waals surface area contributed by atoms with Gasteiger partial charge in [-0.1, -0.05) is 29.8 Å². The predicted octanol–water partition coefficient (Wildman–Crippen LogP) is 3.59. The van der Waals surface area contributed by atoms with Crippen molar-refractivity contribution < 1.29 is 9.18 Å². The Balaban J connectivity index is 1.60. The van der Waals surface area contributed by atoms with Gasteiger partial charge < -0.3 is 9.88 Å². The monoisotopic (exact) mass is 396 g/mol. The van der Waals surface area contributed by atoms with E-state index in [9.17, 15) is 14.0 Å². The Bertz CT molecular complexity index is 1230. The SMILES string of the molecule is O=C(Cn1ccn2nc(-c3ccc(Cl)cc3)cc2c1=O)Nc1cccc(F)c1. The van der Waals surface area contributed by atoms with Crippen molar-refractivity contribution in [3.8, 4) is 11.3 Å². The normalized spacial score (nSPS) is 10.9. The summed E-state index contributed by atoms with van der Waals surface area (Å²) in [5, 5.41) is 7.57. The molecule has 2 aromatic heterocycles. The van der Waals surface area contributed by atoms with Crippen molar-refractivity contribution in [1.29, 1.82) is 0 Å². The van der Waals surface area contributed by atoms with Gasteiger partial charge in [0.05, 0.1) is 5.69 Å². The van der Waals surface area contributed by atoms with Crippen molar-refractivity contribution in [2.45, 2.75) is 6.54 Å². The van der Waals surface area contributed by atoms with Crippen LogP contribution in [-0.2, 0) is 11.3 Å². The van der Waals surface area contributed by atoms with E-state index >= 15 is 0 Å². The van der Waals surface area contributed by atoms with Crippen LogP contribution in [0.5, 0.6) is 0 Å². The molecule has 140 valence electrons. The van der Waals surface area contributed by atoms with Crippen molar-refractivity contribution in [2.24, 2.45) is 0 Å². The lowest BCUT2D eigenvalue weighted by atomic mass is 10.1. The fourth-order valence-corrected chi connectivity index (χ4v) is 2.96. The maximum Gasteiger partial charge on any atom is 0.277 e.